The van der Waals surface area contributed by atoms with Gasteiger partial charge in [0.15, 0.2) is 11.5 Å². The molecule has 1 aliphatic rings. The number of hydrogen-bond donors (Lipinski definition) is 1. The first-order valence-electron chi connectivity index (χ1n) is 6.54. The predicted molar refractivity (Wildman–Crippen MR) is 73.7 cm³/mol. The quantitative estimate of drug-likeness (QED) is 0.863. The summed E-state index contributed by atoms with van der Waals surface area (Å²) in [5, 5.41) is 0. The van der Waals surface area contributed by atoms with Crippen molar-refractivity contribution in [2.75, 3.05) is 47.1 Å². The Labute approximate surface area is 114 Å². The molecule has 0 spiro atoms. The third kappa shape index (κ3) is 3.18. The Morgan fingerprint density at radius 2 is 1.89 bits per heavy atom. The van der Waals surface area contributed by atoms with Crippen molar-refractivity contribution in [3.63, 3.8) is 0 Å². The van der Waals surface area contributed by atoms with Crippen LogP contribution in [0.1, 0.15) is 11.6 Å². The number of hydrogen-bond acceptors (Lipinski definition) is 5. The van der Waals surface area contributed by atoms with E-state index in [1.54, 1.807) is 14.2 Å². The Morgan fingerprint density at radius 1 is 1.21 bits per heavy atom. The van der Waals surface area contributed by atoms with Gasteiger partial charge in [0.2, 0.25) is 0 Å². The second kappa shape index (κ2) is 6.75. The molecule has 0 radical (unpaired) electrons. The number of nitrogens with zero attached hydrogens (tertiary/aromatic N) is 1. The molecule has 0 aromatic heterocycles. The molecule has 5 heteroatoms. The van der Waals surface area contributed by atoms with E-state index in [0.717, 1.165) is 43.4 Å². The normalized spacial score (nSPS) is 18.1. The molecule has 1 atom stereocenters. The fourth-order valence-corrected chi connectivity index (χ4v) is 2.45. The zero-order valence-electron chi connectivity index (χ0n) is 11.6. The van der Waals surface area contributed by atoms with Gasteiger partial charge in [-0.25, -0.2) is 0 Å². The summed E-state index contributed by atoms with van der Waals surface area (Å²) >= 11 is 0. The van der Waals surface area contributed by atoms with E-state index in [-0.39, 0.29) is 6.04 Å². The van der Waals surface area contributed by atoms with Crippen LogP contribution >= 0.6 is 0 Å². The maximum Gasteiger partial charge on any atom is 0.161 e. The molecule has 1 heterocycles. The summed E-state index contributed by atoms with van der Waals surface area (Å²) in [5.41, 5.74) is 7.10. The molecule has 0 aliphatic carbocycles. The zero-order chi connectivity index (χ0) is 13.7. The summed E-state index contributed by atoms with van der Waals surface area (Å²) in [7, 11) is 3.29. The van der Waals surface area contributed by atoms with Crippen molar-refractivity contribution < 1.29 is 14.2 Å². The van der Waals surface area contributed by atoms with Crippen LogP contribution in [-0.4, -0.2) is 52.0 Å². The van der Waals surface area contributed by atoms with Gasteiger partial charge in [0.25, 0.3) is 0 Å². The molecule has 5 nitrogen and oxygen atoms in total. The molecule has 19 heavy (non-hydrogen) atoms. The van der Waals surface area contributed by atoms with Crippen molar-refractivity contribution in [2.45, 2.75) is 6.04 Å². The summed E-state index contributed by atoms with van der Waals surface area (Å²) in [6, 6.07) is 6.18. The minimum Gasteiger partial charge on any atom is -0.493 e. The first-order chi connectivity index (χ1) is 9.30. The van der Waals surface area contributed by atoms with Crippen LogP contribution in [0.25, 0.3) is 0 Å². The fraction of sp³-hybridized carbons (Fsp3) is 0.571. The number of ether oxygens (including phenoxy) is 3. The average Bonchev–Trinajstić information content (AvgIpc) is 2.49. The Morgan fingerprint density at radius 3 is 2.47 bits per heavy atom. The van der Waals surface area contributed by atoms with E-state index in [1.807, 2.05) is 18.2 Å². The lowest BCUT2D eigenvalue weighted by Crippen LogP contribution is -2.41. The fourth-order valence-electron chi connectivity index (χ4n) is 2.45. The molecule has 1 fully saturated rings. The van der Waals surface area contributed by atoms with Gasteiger partial charge in [0.05, 0.1) is 27.4 Å². The van der Waals surface area contributed by atoms with Crippen LogP contribution in [0, 0.1) is 0 Å². The van der Waals surface area contributed by atoms with Crippen LogP contribution in [0.4, 0.5) is 0 Å². The molecule has 1 aromatic carbocycles. The molecule has 1 saturated heterocycles. The van der Waals surface area contributed by atoms with Gasteiger partial charge in [-0.15, -0.1) is 0 Å². The van der Waals surface area contributed by atoms with Gasteiger partial charge in [-0.05, 0) is 17.7 Å². The first-order valence-corrected chi connectivity index (χ1v) is 6.54. The number of nitrogens with two attached hydrogens (primary N) is 1. The van der Waals surface area contributed by atoms with Crippen LogP contribution in [0.5, 0.6) is 11.5 Å². The molecule has 0 saturated carbocycles. The van der Waals surface area contributed by atoms with Crippen molar-refractivity contribution in [1.82, 2.24) is 4.90 Å². The molecule has 2 rings (SSSR count). The summed E-state index contributed by atoms with van der Waals surface area (Å²) < 4.78 is 16.0. The molecule has 1 aliphatic heterocycles. The minimum atomic E-state index is 0.198. The largest absolute Gasteiger partial charge is 0.493 e. The van der Waals surface area contributed by atoms with Gasteiger partial charge < -0.3 is 19.9 Å². The number of methoxy groups -OCH3 is 2. The topological polar surface area (TPSA) is 57.0 Å². The average molecular weight is 266 g/mol. The van der Waals surface area contributed by atoms with Crippen molar-refractivity contribution in [1.29, 1.82) is 0 Å². The van der Waals surface area contributed by atoms with Gasteiger partial charge in [-0.2, -0.15) is 0 Å². The van der Waals surface area contributed by atoms with Crippen LogP contribution in [0.15, 0.2) is 18.2 Å². The van der Waals surface area contributed by atoms with Gasteiger partial charge >= 0.3 is 0 Å². The van der Waals surface area contributed by atoms with E-state index >= 15 is 0 Å². The lowest BCUT2D eigenvalue weighted by Gasteiger charge is -2.34. The van der Waals surface area contributed by atoms with E-state index in [1.165, 1.54) is 0 Å². The van der Waals surface area contributed by atoms with Crippen LogP contribution in [0.2, 0.25) is 0 Å². The highest BCUT2D eigenvalue weighted by Gasteiger charge is 2.22. The van der Waals surface area contributed by atoms with Gasteiger partial charge in [-0.3, -0.25) is 4.90 Å². The SMILES string of the molecule is COc1ccc([C@@H](CN)N2CCOCC2)cc1OC. The van der Waals surface area contributed by atoms with E-state index in [2.05, 4.69) is 4.90 Å². The molecule has 106 valence electrons. The smallest absolute Gasteiger partial charge is 0.161 e. The molecule has 2 N–H and O–H groups in total. The monoisotopic (exact) mass is 266 g/mol. The van der Waals surface area contributed by atoms with Crippen molar-refractivity contribution in [3.8, 4) is 11.5 Å². The molecular formula is C14H22N2O3. The van der Waals surface area contributed by atoms with Crippen LogP contribution < -0.4 is 15.2 Å². The van der Waals surface area contributed by atoms with E-state index < -0.39 is 0 Å². The Bertz CT molecular complexity index is 406. The Balaban J connectivity index is 2.22. The van der Waals surface area contributed by atoms with Crippen LogP contribution in [-0.2, 0) is 4.74 Å². The van der Waals surface area contributed by atoms with Crippen molar-refractivity contribution in [2.24, 2.45) is 5.73 Å². The highest BCUT2D eigenvalue weighted by atomic mass is 16.5. The predicted octanol–water partition coefficient (Wildman–Crippen LogP) is 1.04. The molecule has 0 unspecified atom stereocenters. The standard InChI is InChI=1S/C14H22N2O3/c1-17-13-4-3-11(9-14(13)18-2)12(10-15)16-5-7-19-8-6-16/h3-4,9,12H,5-8,10,15H2,1-2H3/t12-/m1/s1. The summed E-state index contributed by atoms with van der Waals surface area (Å²) in [5.74, 6) is 1.48. The Kier molecular flexibility index (Phi) is 5.01. The highest BCUT2D eigenvalue weighted by molar-refractivity contribution is 5.43. The van der Waals surface area contributed by atoms with Crippen molar-refractivity contribution in [3.05, 3.63) is 23.8 Å². The molecule has 1 aromatic rings. The lowest BCUT2D eigenvalue weighted by atomic mass is 10.0. The highest BCUT2D eigenvalue weighted by Crippen LogP contribution is 2.31. The third-order valence-corrected chi connectivity index (χ3v) is 3.50. The van der Waals surface area contributed by atoms with Gasteiger partial charge in [0.1, 0.15) is 0 Å². The van der Waals surface area contributed by atoms with Crippen LogP contribution in [0.3, 0.4) is 0 Å². The van der Waals surface area contributed by atoms with E-state index in [0.29, 0.717) is 6.54 Å². The summed E-state index contributed by atoms with van der Waals surface area (Å²) in [6.07, 6.45) is 0. The zero-order valence-corrected chi connectivity index (χ0v) is 11.6. The van der Waals surface area contributed by atoms with E-state index in [4.69, 9.17) is 19.9 Å². The first kappa shape index (κ1) is 14.1. The summed E-state index contributed by atoms with van der Waals surface area (Å²) in [4.78, 5) is 2.35. The number of morpholine rings is 1. The molecular weight excluding hydrogens is 244 g/mol. The molecule has 0 amide bonds. The van der Waals surface area contributed by atoms with Gasteiger partial charge in [0, 0.05) is 25.7 Å². The van der Waals surface area contributed by atoms with Gasteiger partial charge in [-0.1, -0.05) is 6.07 Å². The minimum absolute atomic E-state index is 0.198. The van der Waals surface area contributed by atoms with Crippen molar-refractivity contribution >= 4 is 0 Å². The number of rotatable bonds is 5. The Hall–Kier alpha value is -1.30. The molecule has 0 bridgehead atoms. The van der Waals surface area contributed by atoms with E-state index in [9.17, 15) is 0 Å². The third-order valence-electron chi connectivity index (χ3n) is 3.50. The lowest BCUT2D eigenvalue weighted by molar-refractivity contribution is 0.0178. The number of benzene rings is 1. The maximum absolute atomic E-state index is 5.94. The maximum atomic E-state index is 5.94. The second-order valence-corrected chi connectivity index (χ2v) is 4.51. The summed E-state index contributed by atoms with van der Waals surface area (Å²) in [6.45, 7) is 3.94. The second-order valence-electron chi connectivity index (χ2n) is 4.51.